The Morgan fingerprint density at radius 1 is 0.871 bits per heavy atom. The molecule has 8 nitrogen and oxygen atoms in total. The molecule has 0 atom stereocenters. The van der Waals surface area contributed by atoms with Crippen LogP contribution < -0.4 is 15.5 Å². The van der Waals surface area contributed by atoms with Crippen LogP contribution in [0.5, 0.6) is 0 Å². The van der Waals surface area contributed by atoms with Gasteiger partial charge in [0, 0.05) is 31.9 Å². The van der Waals surface area contributed by atoms with E-state index >= 15 is 0 Å². The number of nitrogens with one attached hydrogen (secondary N) is 2. The first-order chi connectivity index (χ1) is 15.0. The third-order valence-corrected chi connectivity index (χ3v) is 7.45. The van der Waals surface area contributed by atoms with Crippen LogP contribution >= 0.6 is 0 Å². The summed E-state index contributed by atoms with van der Waals surface area (Å²) >= 11 is 0. The lowest BCUT2D eigenvalue weighted by atomic mass is 10.2. The number of rotatable bonds is 5. The molecule has 2 saturated heterocycles. The number of carbonyl (C=O) groups excluding carboxylic acids is 1. The van der Waals surface area contributed by atoms with Crippen molar-refractivity contribution in [3.05, 3.63) is 48.5 Å². The molecular weight excluding hydrogens is 416 g/mol. The minimum absolute atomic E-state index is 0.196. The first-order valence-electron chi connectivity index (χ1n) is 10.6. The van der Waals surface area contributed by atoms with Crippen molar-refractivity contribution in [2.75, 3.05) is 54.9 Å². The molecule has 0 spiro atoms. The normalized spacial score (nSPS) is 17.9. The molecule has 0 bridgehead atoms. The maximum atomic E-state index is 13.2. The van der Waals surface area contributed by atoms with Crippen LogP contribution in [0.2, 0.25) is 0 Å². The SMILES string of the molecule is O=C(Nc1ccccc1)Nc1cc(S(=O)(=O)N2CCCCC2)ccc1N1CCOCC1. The molecule has 0 saturated carbocycles. The molecule has 166 valence electrons. The van der Waals surface area contributed by atoms with Gasteiger partial charge in [0.2, 0.25) is 10.0 Å². The first-order valence-corrected chi connectivity index (χ1v) is 12.1. The van der Waals surface area contributed by atoms with Crippen LogP contribution in [-0.4, -0.2) is 58.1 Å². The Hall–Kier alpha value is -2.62. The van der Waals surface area contributed by atoms with E-state index in [9.17, 15) is 13.2 Å². The van der Waals surface area contributed by atoms with E-state index in [1.165, 1.54) is 4.31 Å². The van der Waals surface area contributed by atoms with Crippen LogP contribution in [-0.2, 0) is 14.8 Å². The maximum absolute atomic E-state index is 13.2. The van der Waals surface area contributed by atoms with Crippen molar-refractivity contribution in [1.82, 2.24) is 4.31 Å². The fourth-order valence-electron chi connectivity index (χ4n) is 3.92. The second-order valence-corrected chi connectivity index (χ2v) is 9.63. The van der Waals surface area contributed by atoms with Gasteiger partial charge in [0.15, 0.2) is 0 Å². The average molecular weight is 445 g/mol. The van der Waals surface area contributed by atoms with Crippen LogP contribution in [0.15, 0.2) is 53.4 Å². The van der Waals surface area contributed by atoms with Gasteiger partial charge in [-0.1, -0.05) is 24.6 Å². The molecular formula is C22H28N4O4S. The van der Waals surface area contributed by atoms with Gasteiger partial charge in [0.05, 0.1) is 29.5 Å². The zero-order valence-corrected chi connectivity index (χ0v) is 18.2. The van der Waals surface area contributed by atoms with Gasteiger partial charge in [-0.15, -0.1) is 0 Å². The Morgan fingerprint density at radius 2 is 1.58 bits per heavy atom. The van der Waals surface area contributed by atoms with E-state index in [-0.39, 0.29) is 4.90 Å². The van der Waals surface area contributed by atoms with Gasteiger partial charge in [-0.25, -0.2) is 13.2 Å². The number of carbonyl (C=O) groups is 1. The standard InChI is InChI=1S/C22H28N4O4S/c27-22(23-18-7-3-1-4-8-18)24-20-17-19(31(28,29)26-11-5-2-6-12-26)9-10-21(20)25-13-15-30-16-14-25/h1,3-4,7-10,17H,2,5-6,11-16H2,(H2,23,24,27). The topological polar surface area (TPSA) is 91.0 Å². The number of para-hydroxylation sites is 1. The number of nitrogens with zero attached hydrogens (tertiary/aromatic N) is 2. The second-order valence-electron chi connectivity index (χ2n) is 7.69. The lowest BCUT2D eigenvalue weighted by Crippen LogP contribution is -2.37. The molecule has 2 heterocycles. The lowest BCUT2D eigenvalue weighted by Gasteiger charge is -2.31. The molecule has 2 aromatic rings. The van der Waals surface area contributed by atoms with Crippen molar-refractivity contribution in [3.63, 3.8) is 0 Å². The number of morpholine rings is 1. The molecule has 2 amide bonds. The maximum Gasteiger partial charge on any atom is 0.323 e. The van der Waals surface area contributed by atoms with Gasteiger partial charge >= 0.3 is 6.03 Å². The summed E-state index contributed by atoms with van der Waals surface area (Å²) in [6, 6.07) is 13.7. The minimum Gasteiger partial charge on any atom is -0.378 e. The highest BCUT2D eigenvalue weighted by molar-refractivity contribution is 7.89. The van der Waals surface area contributed by atoms with Gasteiger partial charge < -0.3 is 20.3 Å². The first kappa shape index (κ1) is 21.6. The Kier molecular flexibility index (Phi) is 6.74. The number of benzene rings is 2. The highest BCUT2D eigenvalue weighted by Crippen LogP contribution is 2.31. The average Bonchev–Trinajstić information content (AvgIpc) is 2.81. The van der Waals surface area contributed by atoms with Gasteiger partial charge in [-0.2, -0.15) is 4.31 Å². The second kappa shape index (κ2) is 9.67. The molecule has 31 heavy (non-hydrogen) atoms. The van der Waals surface area contributed by atoms with Crippen LogP contribution in [0.4, 0.5) is 21.9 Å². The lowest BCUT2D eigenvalue weighted by molar-refractivity contribution is 0.123. The van der Waals surface area contributed by atoms with E-state index in [0.29, 0.717) is 50.8 Å². The molecule has 2 aliphatic heterocycles. The number of piperidine rings is 1. The monoisotopic (exact) mass is 444 g/mol. The van der Waals surface area contributed by atoms with Crippen molar-refractivity contribution in [2.24, 2.45) is 0 Å². The zero-order chi connectivity index (χ0) is 21.7. The van der Waals surface area contributed by atoms with Crippen LogP contribution in [0, 0.1) is 0 Å². The molecule has 9 heteroatoms. The predicted molar refractivity (Wildman–Crippen MR) is 121 cm³/mol. The summed E-state index contributed by atoms with van der Waals surface area (Å²) in [5, 5.41) is 5.65. The van der Waals surface area contributed by atoms with E-state index in [4.69, 9.17) is 4.74 Å². The Bertz CT molecular complexity index is 1000. The molecule has 0 aromatic heterocycles. The third kappa shape index (κ3) is 5.17. The predicted octanol–water partition coefficient (Wildman–Crippen LogP) is 3.34. The van der Waals surface area contributed by atoms with Crippen molar-refractivity contribution in [3.8, 4) is 0 Å². The molecule has 4 rings (SSSR count). The summed E-state index contributed by atoms with van der Waals surface area (Å²) in [7, 11) is -3.61. The Balaban J connectivity index is 1.62. The van der Waals surface area contributed by atoms with Gasteiger partial charge in [-0.3, -0.25) is 0 Å². The molecule has 0 unspecified atom stereocenters. The van der Waals surface area contributed by atoms with Gasteiger partial charge in [0.25, 0.3) is 0 Å². The van der Waals surface area contributed by atoms with Gasteiger partial charge in [-0.05, 0) is 43.2 Å². The molecule has 2 N–H and O–H groups in total. The zero-order valence-electron chi connectivity index (χ0n) is 17.4. The molecule has 0 aliphatic carbocycles. The molecule has 0 radical (unpaired) electrons. The Labute approximate surface area is 183 Å². The fourth-order valence-corrected chi connectivity index (χ4v) is 5.46. The smallest absolute Gasteiger partial charge is 0.323 e. The van der Waals surface area contributed by atoms with Crippen LogP contribution in [0.3, 0.4) is 0 Å². The number of ether oxygens (including phenoxy) is 1. The fraction of sp³-hybridized carbons (Fsp3) is 0.409. The van der Waals surface area contributed by atoms with Gasteiger partial charge in [0.1, 0.15) is 0 Å². The molecule has 2 aliphatic rings. The Morgan fingerprint density at radius 3 is 2.29 bits per heavy atom. The van der Waals surface area contributed by atoms with E-state index in [2.05, 4.69) is 15.5 Å². The summed E-state index contributed by atoms with van der Waals surface area (Å²) < 4.78 is 33.3. The number of sulfonamides is 1. The highest BCUT2D eigenvalue weighted by atomic mass is 32.2. The number of amides is 2. The summed E-state index contributed by atoms with van der Waals surface area (Å²) in [6.07, 6.45) is 2.79. The summed E-state index contributed by atoms with van der Waals surface area (Å²) in [5.74, 6) is 0. The van der Waals surface area contributed by atoms with E-state index in [0.717, 1.165) is 24.9 Å². The summed E-state index contributed by atoms with van der Waals surface area (Å²) in [4.78, 5) is 14.9. The van der Waals surface area contributed by atoms with E-state index < -0.39 is 16.1 Å². The van der Waals surface area contributed by atoms with E-state index in [1.807, 2.05) is 18.2 Å². The molecule has 2 fully saturated rings. The van der Waals surface area contributed by atoms with Crippen molar-refractivity contribution in [2.45, 2.75) is 24.2 Å². The highest BCUT2D eigenvalue weighted by Gasteiger charge is 2.27. The van der Waals surface area contributed by atoms with Crippen molar-refractivity contribution in [1.29, 1.82) is 0 Å². The third-order valence-electron chi connectivity index (χ3n) is 5.55. The van der Waals surface area contributed by atoms with E-state index in [1.54, 1.807) is 30.3 Å². The van der Waals surface area contributed by atoms with Crippen LogP contribution in [0.1, 0.15) is 19.3 Å². The summed E-state index contributed by atoms with van der Waals surface area (Å²) in [5.41, 5.74) is 1.91. The summed E-state index contributed by atoms with van der Waals surface area (Å²) in [6.45, 7) is 3.59. The minimum atomic E-state index is -3.61. The van der Waals surface area contributed by atoms with Crippen LogP contribution in [0.25, 0.3) is 0 Å². The number of hydrogen-bond acceptors (Lipinski definition) is 5. The number of hydrogen-bond donors (Lipinski definition) is 2. The quantitative estimate of drug-likeness (QED) is 0.738. The number of anilines is 3. The largest absolute Gasteiger partial charge is 0.378 e. The van der Waals surface area contributed by atoms with Crippen molar-refractivity contribution < 1.29 is 17.9 Å². The van der Waals surface area contributed by atoms with Crippen molar-refractivity contribution >= 4 is 33.1 Å². The number of urea groups is 1. The molecule has 2 aromatic carbocycles.